The lowest BCUT2D eigenvalue weighted by Gasteiger charge is -2.37. The van der Waals surface area contributed by atoms with Crippen LogP contribution in [0.5, 0.6) is 0 Å². The van der Waals surface area contributed by atoms with E-state index >= 15 is 0 Å². The number of amides is 2. The van der Waals surface area contributed by atoms with E-state index < -0.39 is 24.6 Å². The molecular formula is C17H36N4O4. The van der Waals surface area contributed by atoms with Gasteiger partial charge in [-0.1, -0.05) is 26.7 Å². The third-order valence-corrected chi connectivity index (χ3v) is 3.84. The third-order valence-electron chi connectivity index (χ3n) is 3.84. The summed E-state index contributed by atoms with van der Waals surface area (Å²) in [5.74, 6) is 0. The molecule has 0 aromatic carbocycles. The lowest BCUT2D eigenvalue weighted by atomic mass is 10.2. The van der Waals surface area contributed by atoms with E-state index in [1.54, 1.807) is 18.7 Å². The molecule has 0 aromatic rings. The predicted octanol–water partition coefficient (Wildman–Crippen LogP) is 2.38. The van der Waals surface area contributed by atoms with Crippen LogP contribution in [0.25, 0.3) is 0 Å². The molecule has 8 heteroatoms. The second-order valence-corrected chi connectivity index (χ2v) is 6.10. The second-order valence-electron chi connectivity index (χ2n) is 6.10. The van der Waals surface area contributed by atoms with Crippen LogP contribution in [0.3, 0.4) is 0 Å². The van der Waals surface area contributed by atoms with Gasteiger partial charge in [-0.25, -0.2) is 14.5 Å². The summed E-state index contributed by atoms with van der Waals surface area (Å²) >= 11 is 0. The SMILES string of the molecule is CCCCNC(=O)OC(C)N(C(C)CN)C(C)OC(=O)NCCCC. The van der Waals surface area contributed by atoms with Gasteiger partial charge in [-0.2, -0.15) is 0 Å². The Kier molecular flexibility index (Phi) is 12.9. The summed E-state index contributed by atoms with van der Waals surface area (Å²) in [6.07, 6.45) is 1.61. The summed E-state index contributed by atoms with van der Waals surface area (Å²) in [7, 11) is 0. The molecule has 0 spiro atoms. The van der Waals surface area contributed by atoms with Crippen LogP contribution in [0.2, 0.25) is 0 Å². The first-order chi connectivity index (χ1) is 11.9. The van der Waals surface area contributed by atoms with Crippen LogP contribution in [-0.2, 0) is 9.47 Å². The van der Waals surface area contributed by atoms with Crippen molar-refractivity contribution in [3.8, 4) is 0 Å². The topological polar surface area (TPSA) is 106 Å². The molecule has 0 aliphatic heterocycles. The summed E-state index contributed by atoms with van der Waals surface area (Å²) in [4.78, 5) is 25.5. The maximum Gasteiger partial charge on any atom is 0.408 e. The molecule has 148 valence electrons. The van der Waals surface area contributed by atoms with Gasteiger partial charge in [-0.3, -0.25) is 0 Å². The van der Waals surface area contributed by atoms with Gasteiger partial charge in [-0.05, 0) is 33.6 Å². The number of nitrogens with one attached hydrogen (secondary N) is 2. The van der Waals surface area contributed by atoms with Gasteiger partial charge < -0.3 is 25.8 Å². The Labute approximate surface area is 151 Å². The van der Waals surface area contributed by atoms with Gasteiger partial charge in [0.1, 0.15) is 0 Å². The van der Waals surface area contributed by atoms with Crippen molar-refractivity contribution < 1.29 is 19.1 Å². The molecular weight excluding hydrogens is 324 g/mol. The zero-order valence-electron chi connectivity index (χ0n) is 16.3. The van der Waals surface area contributed by atoms with Crippen molar-refractivity contribution in [3.63, 3.8) is 0 Å². The Morgan fingerprint density at radius 2 is 1.32 bits per heavy atom. The number of alkyl carbamates (subject to hydrolysis) is 2. The van der Waals surface area contributed by atoms with Gasteiger partial charge in [-0.15, -0.1) is 0 Å². The highest BCUT2D eigenvalue weighted by molar-refractivity contribution is 5.67. The fraction of sp³-hybridized carbons (Fsp3) is 0.882. The molecule has 3 atom stereocenters. The molecule has 0 aromatic heterocycles. The van der Waals surface area contributed by atoms with Crippen LogP contribution < -0.4 is 16.4 Å². The van der Waals surface area contributed by atoms with Crippen molar-refractivity contribution in [2.45, 2.75) is 78.8 Å². The molecule has 2 amide bonds. The first-order valence-corrected chi connectivity index (χ1v) is 9.23. The Hall–Kier alpha value is -1.54. The third kappa shape index (κ3) is 10.1. The smallest absolute Gasteiger partial charge is 0.408 e. The van der Waals surface area contributed by atoms with E-state index in [-0.39, 0.29) is 6.04 Å². The van der Waals surface area contributed by atoms with Gasteiger partial charge in [0.2, 0.25) is 0 Å². The summed E-state index contributed by atoms with van der Waals surface area (Å²) in [5.41, 5.74) is 5.75. The van der Waals surface area contributed by atoms with Crippen molar-refractivity contribution in [2.24, 2.45) is 5.73 Å². The Balaban J connectivity index is 4.64. The maximum absolute atomic E-state index is 11.9. The molecule has 0 aliphatic carbocycles. The van der Waals surface area contributed by atoms with E-state index in [2.05, 4.69) is 10.6 Å². The highest BCUT2D eigenvalue weighted by atomic mass is 16.6. The van der Waals surface area contributed by atoms with Crippen molar-refractivity contribution in [1.29, 1.82) is 0 Å². The number of carbonyl (C=O) groups excluding carboxylic acids is 2. The minimum atomic E-state index is -0.585. The van der Waals surface area contributed by atoms with Gasteiger partial charge in [0.15, 0.2) is 12.5 Å². The quantitative estimate of drug-likeness (QED) is 0.364. The van der Waals surface area contributed by atoms with E-state index in [0.717, 1.165) is 25.7 Å². The average molecular weight is 360 g/mol. The minimum Gasteiger partial charge on any atom is -0.430 e. The number of carbonyl (C=O) groups is 2. The van der Waals surface area contributed by atoms with Crippen LogP contribution in [0.1, 0.15) is 60.3 Å². The first-order valence-electron chi connectivity index (χ1n) is 9.23. The number of nitrogens with zero attached hydrogens (tertiary/aromatic N) is 1. The van der Waals surface area contributed by atoms with Crippen LogP contribution in [-0.4, -0.2) is 55.2 Å². The fourth-order valence-corrected chi connectivity index (χ4v) is 2.38. The Morgan fingerprint density at radius 3 is 1.64 bits per heavy atom. The molecule has 0 bridgehead atoms. The largest absolute Gasteiger partial charge is 0.430 e. The molecule has 0 saturated carbocycles. The molecule has 0 fully saturated rings. The molecule has 3 unspecified atom stereocenters. The lowest BCUT2D eigenvalue weighted by Crippen LogP contribution is -2.53. The van der Waals surface area contributed by atoms with Gasteiger partial charge in [0.05, 0.1) is 0 Å². The standard InChI is InChI=1S/C17H36N4O4/c1-6-8-10-19-16(22)24-14(4)21(13(3)12-18)15(5)25-17(23)20-11-9-7-2/h13-15H,6-12,18H2,1-5H3,(H,19,22)(H,20,23). The molecule has 0 radical (unpaired) electrons. The van der Waals surface area contributed by atoms with Crippen molar-refractivity contribution in [2.75, 3.05) is 19.6 Å². The highest BCUT2D eigenvalue weighted by Gasteiger charge is 2.29. The number of nitrogens with two attached hydrogens (primary N) is 1. The number of ether oxygens (including phenoxy) is 2. The minimum absolute atomic E-state index is 0.128. The number of hydrogen-bond acceptors (Lipinski definition) is 6. The van der Waals surface area contributed by atoms with Gasteiger partial charge in [0, 0.05) is 25.7 Å². The van der Waals surface area contributed by atoms with Crippen LogP contribution >= 0.6 is 0 Å². The van der Waals surface area contributed by atoms with Crippen LogP contribution in [0.4, 0.5) is 9.59 Å². The van der Waals surface area contributed by atoms with E-state index in [9.17, 15) is 9.59 Å². The maximum atomic E-state index is 11.9. The molecule has 8 nitrogen and oxygen atoms in total. The summed E-state index contributed by atoms with van der Waals surface area (Å²) in [6.45, 7) is 10.9. The number of unbranched alkanes of at least 4 members (excludes halogenated alkanes) is 2. The monoisotopic (exact) mass is 360 g/mol. The molecule has 0 saturated heterocycles. The molecule has 25 heavy (non-hydrogen) atoms. The molecule has 0 aliphatic rings. The average Bonchev–Trinajstić information content (AvgIpc) is 2.55. The number of hydrogen-bond donors (Lipinski definition) is 3. The van der Waals surface area contributed by atoms with Gasteiger partial charge in [0.25, 0.3) is 0 Å². The number of rotatable bonds is 12. The van der Waals surface area contributed by atoms with E-state index in [4.69, 9.17) is 15.2 Å². The second kappa shape index (κ2) is 13.7. The highest BCUT2D eigenvalue weighted by Crippen LogP contribution is 2.13. The predicted molar refractivity (Wildman–Crippen MR) is 98.1 cm³/mol. The summed E-state index contributed by atoms with van der Waals surface area (Å²) in [5, 5.41) is 5.40. The normalized spacial score (nSPS) is 14.5. The van der Waals surface area contributed by atoms with E-state index in [1.165, 1.54) is 0 Å². The van der Waals surface area contributed by atoms with Crippen molar-refractivity contribution in [3.05, 3.63) is 0 Å². The van der Waals surface area contributed by atoms with Crippen LogP contribution in [0, 0.1) is 0 Å². The van der Waals surface area contributed by atoms with E-state index in [1.807, 2.05) is 20.8 Å². The Morgan fingerprint density at radius 1 is 0.920 bits per heavy atom. The molecule has 0 rings (SSSR count). The lowest BCUT2D eigenvalue weighted by molar-refractivity contribution is -0.109. The van der Waals surface area contributed by atoms with E-state index in [0.29, 0.717) is 19.6 Å². The fourth-order valence-electron chi connectivity index (χ4n) is 2.38. The molecule has 0 heterocycles. The molecule has 4 N–H and O–H groups in total. The summed E-state index contributed by atoms with van der Waals surface area (Å²) < 4.78 is 10.8. The Bertz CT molecular complexity index is 352. The van der Waals surface area contributed by atoms with Crippen molar-refractivity contribution in [1.82, 2.24) is 15.5 Å². The van der Waals surface area contributed by atoms with Crippen molar-refractivity contribution >= 4 is 12.2 Å². The zero-order chi connectivity index (χ0) is 19.2. The van der Waals surface area contributed by atoms with Gasteiger partial charge >= 0.3 is 12.2 Å². The van der Waals surface area contributed by atoms with Crippen LogP contribution in [0.15, 0.2) is 0 Å². The zero-order valence-corrected chi connectivity index (χ0v) is 16.3. The first kappa shape index (κ1) is 23.5. The summed E-state index contributed by atoms with van der Waals surface area (Å²) in [6, 6.07) is -0.128.